The predicted octanol–water partition coefficient (Wildman–Crippen LogP) is 1.71. The fourth-order valence-corrected chi connectivity index (χ4v) is 1.71. The van der Waals surface area contributed by atoms with Crippen molar-refractivity contribution < 1.29 is 0 Å². The first-order chi connectivity index (χ1) is 6.45. The Balaban J connectivity index is 1.79. The highest BCUT2D eigenvalue weighted by Crippen LogP contribution is 2.10. The second-order valence-corrected chi connectivity index (χ2v) is 3.61. The maximum atomic E-state index is 3.45. The predicted molar refractivity (Wildman–Crippen MR) is 55.9 cm³/mol. The molecule has 1 heterocycles. The smallest absolute Gasteiger partial charge is 0.0340 e. The first kappa shape index (κ1) is 8.57. The third kappa shape index (κ3) is 2.46. The lowest BCUT2D eigenvalue weighted by atomic mass is 10.1. The van der Waals surface area contributed by atoms with Crippen molar-refractivity contribution >= 4 is 5.69 Å². The van der Waals surface area contributed by atoms with Crippen LogP contribution in [0.5, 0.6) is 0 Å². The Kier molecular flexibility index (Phi) is 2.82. The van der Waals surface area contributed by atoms with Gasteiger partial charge in [-0.05, 0) is 37.6 Å². The van der Waals surface area contributed by atoms with Gasteiger partial charge in [-0.25, -0.2) is 0 Å². The van der Waals surface area contributed by atoms with Crippen molar-refractivity contribution in [3.63, 3.8) is 0 Å². The summed E-state index contributed by atoms with van der Waals surface area (Å²) < 4.78 is 0. The molecule has 1 unspecified atom stereocenters. The molecular weight excluding hydrogens is 160 g/mol. The molecule has 2 N–H and O–H groups in total. The summed E-state index contributed by atoms with van der Waals surface area (Å²) in [6, 6.07) is 10.4. The van der Waals surface area contributed by atoms with Crippen molar-refractivity contribution in [2.45, 2.75) is 6.42 Å². The van der Waals surface area contributed by atoms with Crippen molar-refractivity contribution in [3.8, 4) is 0 Å². The topological polar surface area (TPSA) is 24.1 Å². The van der Waals surface area contributed by atoms with E-state index in [4.69, 9.17) is 0 Å². The van der Waals surface area contributed by atoms with Gasteiger partial charge in [-0.1, -0.05) is 18.2 Å². The van der Waals surface area contributed by atoms with E-state index in [2.05, 4.69) is 34.9 Å². The van der Waals surface area contributed by atoms with Gasteiger partial charge in [0.25, 0.3) is 0 Å². The highest BCUT2D eigenvalue weighted by Gasteiger charge is 2.13. The molecule has 1 aliphatic heterocycles. The molecule has 70 valence electrons. The third-order valence-electron chi connectivity index (χ3n) is 2.53. The largest absolute Gasteiger partial charge is 0.385 e. The second kappa shape index (κ2) is 4.28. The molecule has 0 aliphatic carbocycles. The van der Waals surface area contributed by atoms with E-state index in [0.29, 0.717) is 0 Å². The molecule has 1 aliphatic rings. The zero-order chi connectivity index (χ0) is 8.93. The van der Waals surface area contributed by atoms with Crippen LogP contribution in [0.15, 0.2) is 30.3 Å². The summed E-state index contributed by atoms with van der Waals surface area (Å²) in [4.78, 5) is 0. The normalized spacial score (nSPS) is 21.7. The Labute approximate surface area is 79.4 Å². The van der Waals surface area contributed by atoms with Gasteiger partial charge in [-0.2, -0.15) is 0 Å². The van der Waals surface area contributed by atoms with E-state index >= 15 is 0 Å². The molecule has 0 amide bonds. The van der Waals surface area contributed by atoms with Crippen LogP contribution in [0, 0.1) is 5.92 Å². The van der Waals surface area contributed by atoms with Crippen molar-refractivity contribution in [3.05, 3.63) is 30.3 Å². The van der Waals surface area contributed by atoms with Crippen molar-refractivity contribution in [1.29, 1.82) is 0 Å². The average molecular weight is 176 g/mol. The number of hydrogen-bond acceptors (Lipinski definition) is 2. The lowest BCUT2D eigenvalue weighted by molar-refractivity contribution is 0.615. The van der Waals surface area contributed by atoms with Crippen LogP contribution in [0.25, 0.3) is 0 Å². The third-order valence-corrected chi connectivity index (χ3v) is 2.53. The number of para-hydroxylation sites is 1. The lowest BCUT2D eigenvalue weighted by Gasteiger charge is -2.10. The molecular formula is C11H16N2. The number of rotatable bonds is 3. The Morgan fingerprint density at radius 3 is 2.85 bits per heavy atom. The van der Waals surface area contributed by atoms with E-state index in [-0.39, 0.29) is 0 Å². The summed E-state index contributed by atoms with van der Waals surface area (Å²) >= 11 is 0. The molecule has 0 spiro atoms. The van der Waals surface area contributed by atoms with Gasteiger partial charge in [0.05, 0.1) is 0 Å². The molecule has 1 aromatic rings. The molecule has 1 aromatic carbocycles. The molecule has 2 heteroatoms. The molecule has 0 bridgehead atoms. The molecule has 1 atom stereocenters. The minimum atomic E-state index is 0.806. The van der Waals surface area contributed by atoms with Crippen molar-refractivity contribution in [2.75, 3.05) is 25.0 Å². The monoisotopic (exact) mass is 176 g/mol. The van der Waals surface area contributed by atoms with Crippen LogP contribution in [-0.4, -0.2) is 19.6 Å². The Morgan fingerprint density at radius 2 is 2.15 bits per heavy atom. The van der Waals surface area contributed by atoms with Gasteiger partial charge < -0.3 is 10.6 Å². The molecule has 13 heavy (non-hydrogen) atoms. The van der Waals surface area contributed by atoms with Gasteiger partial charge in [0, 0.05) is 12.2 Å². The zero-order valence-corrected chi connectivity index (χ0v) is 7.79. The summed E-state index contributed by atoms with van der Waals surface area (Å²) in [6.07, 6.45) is 1.31. The van der Waals surface area contributed by atoms with Crippen LogP contribution < -0.4 is 10.6 Å². The Morgan fingerprint density at radius 1 is 1.31 bits per heavy atom. The first-order valence-corrected chi connectivity index (χ1v) is 4.95. The standard InChI is InChI=1S/C11H16N2/c1-2-4-11(5-3-1)13-9-10-6-7-12-8-10/h1-5,10,12-13H,6-9H2. The van der Waals surface area contributed by atoms with Crippen LogP contribution in [0.1, 0.15) is 6.42 Å². The number of hydrogen-bond donors (Lipinski definition) is 2. The summed E-state index contributed by atoms with van der Waals surface area (Å²) in [6.45, 7) is 3.44. The molecule has 2 nitrogen and oxygen atoms in total. The van der Waals surface area contributed by atoms with Gasteiger partial charge in [-0.15, -0.1) is 0 Å². The highest BCUT2D eigenvalue weighted by atomic mass is 14.9. The van der Waals surface area contributed by atoms with Gasteiger partial charge in [0.15, 0.2) is 0 Å². The van der Waals surface area contributed by atoms with Crippen LogP contribution >= 0.6 is 0 Å². The Hall–Kier alpha value is -1.02. The average Bonchev–Trinajstić information content (AvgIpc) is 2.69. The number of nitrogens with one attached hydrogen (secondary N) is 2. The summed E-state index contributed by atoms with van der Waals surface area (Å²) in [5.74, 6) is 0.806. The van der Waals surface area contributed by atoms with Crippen molar-refractivity contribution in [2.24, 2.45) is 5.92 Å². The maximum Gasteiger partial charge on any atom is 0.0340 e. The SMILES string of the molecule is c1ccc(NCC2CCNC2)cc1. The summed E-state index contributed by atoms with van der Waals surface area (Å²) in [5, 5.41) is 6.82. The van der Waals surface area contributed by atoms with Gasteiger partial charge in [0.2, 0.25) is 0 Å². The summed E-state index contributed by atoms with van der Waals surface area (Å²) in [5.41, 5.74) is 1.23. The fraction of sp³-hybridized carbons (Fsp3) is 0.455. The molecule has 0 aromatic heterocycles. The van der Waals surface area contributed by atoms with E-state index in [0.717, 1.165) is 12.5 Å². The van der Waals surface area contributed by atoms with E-state index in [1.54, 1.807) is 0 Å². The first-order valence-electron chi connectivity index (χ1n) is 4.95. The molecule has 0 saturated carbocycles. The molecule has 2 rings (SSSR count). The van der Waals surface area contributed by atoms with E-state index in [9.17, 15) is 0 Å². The highest BCUT2D eigenvalue weighted by molar-refractivity contribution is 5.42. The maximum absolute atomic E-state index is 3.45. The number of benzene rings is 1. The van der Waals surface area contributed by atoms with Crippen molar-refractivity contribution in [1.82, 2.24) is 5.32 Å². The van der Waals surface area contributed by atoms with E-state index in [1.807, 2.05) is 6.07 Å². The van der Waals surface area contributed by atoms with Gasteiger partial charge in [-0.3, -0.25) is 0 Å². The molecule has 1 saturated heterocycles. The molecule has 0 radical (unpaired) electrons. The Bertz CT molecular complexity index is 240. The van der Waals surface area contributed by atoms with E-state index in [1.165, 1.54) is 25.2 Å². The van der Waals surface area contributed by atoms with Gasteiger partial charge >= 0.3 is 0 Å². The molecule has 1 fully saturated rings. The minimum absolute atomic E-state index is 0.806. The van der Waals surface area contributed by atoms with Crippen LogP contribution in [0.4, 0.5) is 5.69 Å². The lowest BCUT2D eigenvalue weighted by Crippen LogP contribution is -2.17. The van der Waals surface area contributed by atoms with Crippen LogP contribution in [0.3, 0.4) is 0 Å². The fourth-order valence-electron chi connectivity index (χ4n) is 1.71. The second-order valence-electron chi connectivity index (χ2n) is 3.61. The van der Waals surface area contributed by atoms with Gasteiger partial charge in [0.1, 0.15) is 0 Å². The quantitative estimate of drug-likeness (QED) is 0.732. The van der Waals surface area contributed by atoms with E-state index < -0.39 is 0 Å². The van der Waals surface area contributed by atoms with Crippen LogP contribution in [-0.2, 0) is 0 Å². The number of anilines is 1. The van der Waals surface area contributed by atoms with Crippen LogP contribution in [0.2, 0.25) is 0 Å². The summed E-state index contributed by atoms with van der Waals surface area (Å²) in [7, 11) is 0. The minimum Gasteiger partial charge on any atom is -0.385 e. The zero-order valence-electron chi connectivity index (χ0n) is 7.79.